The molecule has 1 aromatic rings. The molecule has 0 spiro atoms. The molecular weight excluding hydrogens is 214 g/mol. The molecule has 0 atom stereocenters. The maximum absolute atomic E-state index is 8.71. The van der Waals surface area contributed by atoms with E-state index in [1.54, 1.807) is 30.4 Å². The van der Waals surface area contributed by atoms with Gasteiger partial charge in [0.2, 0.25) is 0 Å². The van der Waals surface area contributed by atoms with Crippen LogP contribution < -0.4 is 0 Å². The maximum atomic E-state index is 8.71. The summed E-state index contributed by atoms with van der Waals surface area (Å²) in [6, 6.07) is 6.14. The van der Waals surface area contributed by atoms with Gasteiger partial charge in [0.15, 0.2) is 0 Å². The van der Waals surface area contributed by atoms with Crippen molar-refractivity contribution in [3.63, 3.8) is 0 Å². The third kappa shape index (κ3) is 2.45. The van der Waals surface area contributed by atoms with Crippen molar-refractivity contribution in [2.45, 2.75) is 16.7 Å². The fourth-order valence-corrected chi connectivity index (χ4v) is 2.35. The van der Waals surface area contributed by atoms with Crippen molar-refractivity contribution in [2.24, 2.45) is 5.16 Å². The van der Waals surface area contributed by atoms with Gasteiger partial charge >= 0.3 is 0 Å². The molecule has 1 rings (SSSR count). The van der Waals surface area contributed by atoms with Crippen LogP contribution in [0.5, 0.6) is 0 Å². The maximum Gasteiger partial charge on any atom is 0.0848 e. The largest absolute Gasteiger partial charge is 0.411 e. The first-order valence-corrected chi connectivity index (χ1v) is 6.59. The standard InChI is InChI=1S/C10H13NOS2/c1-7(11-12)9-5-4-8(13-2)6-10(9)14-3/h4-6,12H,1-3H3/b11-7+. The van der Waals surface area contributed by atoms with Gasteiger partial charge in [-0.15, -0.1) is 23.5 Å². The Morgan fingerprint density at radius 2 is 2.00 bits per heavy atom. The summed E-state index contributed by atoms with van der Waals surface area (Å²) in [6.07, 6.45) is 4.07. The Morgan fingerprint density at radius 3 is 2.50 bits per heavy atom. The SMILES string of the molecule is CSc1ccc(/C(C)=N/O)c(SC)c1. The predicted octanol–water partition coefficient (Wildman–Crippen LogP) is 3.33. The van der Waals surface area contributed by atoms with E-state index in [0.29, 0.717) is 5.71 Å². The van der Waals surface area contributed by atoms with Crippen molar-refractivity contribution < 1.29 is 5.21 Å². The third-order valence-electron chi connectivity index (χ3n) is 1.95. The van der Waals surface area contributed by atoms with E-state index in [1.165, 1.54) is 4.90 Å². The molecule has 2 nitrogen and oxygen atoms in total. The zero-order valence-corrected chi connectivity index (χ0v) is 10.1. The molecule has 76 valence electrons. The van der Waals surface area contributed by atoms with Crippen LogP contribution >= 0.6 is 23.5 Å². The Kier molecular flexibility index (Phi) is 4.35. The van der Waals surface area contributed by atoms with E-state index in [4.69, 9.17) is 5.21 Å². The van der Waals surface area contributed by atoms with Crippen LogP contribution in [-0.4, -0.2) is 23.4 Å². The molecule has 0 aromatic heterocycles. The first-order valence-electron chi connectivity index (χ1n) is 4.14. The molecule has 1 N–H and O–H groups in total. The van der Waals surface area contributed by atoms with E-state index >= 15 is 0 Å². The van der Waals surface area contributed by atoms with Gasteiger partial charge in [0.25, 0.3) is 0 Å². The fourth-order valence-electron chi connectivity index (χ4n) is 1.15. The normalized spacial score (nSPS) is 11.8. The lowest BCUT2D eigenvalue weighted by Gasteiger charge is -2.07. The van der Waals surface area contributed by atoms with Crippen LogP contribution in [-0.2, 0) is 0 Å². The zero-order chi connectivity index (χ0) is 10.6. The average molecular weight is 227 g/mol. The van der Waals surface area contributed by atoms with Crippen LogP contribution in [0.4, 0.5) is 0 Å². The molecule has 0 saturated carbocycles. The summed E-state index contributed by atoms with van der Waals surface area (Å²) in [5.41, 5.74) is 1.65. The quantitative estimate of drug-likeness (QED) is 0.372. The van der Waals surface area contributed by atoms with Gasteiger partial charge in [-0.25, -0.2) is 0 Å². The van der Waals surface area contributed by atoms with Gasteiger partial charge in [-0.05, 0) is 31.6 Å². The number of nitrogens with zero attached hydrogens (tertiary/aromatic N) is 1. The van der Waals surface area contributed by atoms with E-state index in [2.05, 4.69) is 11.2 Å². The number of benzene rings is 1. The minimum atomic E-state index is 0.655. The van der Waals surface area contributed by atoms with Crippen LogP contribution in [0.1, 0.15) is 12.5 Å². The highest BCUT2D eigenvalue weighted by Crippen LogP contribution is 2.26. The summed E-state index contributed by atoms with van der Waals surface area (Å²) >= 11 is 3.37. The van der Waals surface area contributed by atoms with E-state index in [1.807, 2.05) is 24.6 Å². The first-order chi connectivity index (χ1) is 6.72. The van der Waals surface area contributed by atoms with Gasteiger partial charge in [-0.2, -0.15) is 0 Å². The van der Waals surface area contributed by atoms with Crippen molar-refractivity contribution in [3.8, 4) is 0 Å². The van der Waals surface area contributed by atoms with Crippen molar-refractivity contribution in [1.82, 2.24) is 0 Å². The summed E-state index contributed by atoms with van der Waals surface area (Å²) in [7, 11) is 0. The minimum Gasteiger partial charge on any atom is -0.411 e. The van der Waals surface area contributed by atoms with Crippen LogP contribution in [0, 0.1) is 0 Å². The van der Waals surface area contributed by atoms with E-state index in [-0.39, 0.29) is 0 Å². The number of hydrogen-bond acceptors (Lipinski definition) is 4. The lowest BCUT2D eigenvalue weighted by Crippen LogP contribution is -1.96. The molecule has 4 heteroatoms. The molecule has 0 aliphatic carbocycles. The van der Waals surface area contributed by atoms with E-state index in [0.717, 1.165) is 10.5 Å². The van der Waals surface area contributed by atoms with Gasteiger partial charge in [-0.1, -0.05) is 11.2 Å². The van der Waals surface area contributed by atoms with Crippen molar-refractivity contribution >= 4 is 29.2 Å². The molecule has 1 aromatic carbocycles. The Balaban J connectivity index is 3.18. The smallest absolute Gasteiger partial charge is 0.0848 e. The fraction of sp³-hybridized carbons (Fsp3) is 0.300. The Bertz CT molecular complexity index is 350. The molecule has 0 heterocycles. The Hall–Kier alpha value is -0.610. The topological polar surface area (TPSA) is 32.6 Å². The highest BCUT2D eigenvalue weighted by molar-refractivity contribution is 7.99. The van der Waals surface area contributed by atoms with Gasteiger partial charge in [0.1, 0.15) is 0 Å². The summed E-state index contributed by atoms with van der Waals surface area (Å²) in [4.78, 5) is 2.37. The van der Waals surface area contributed by atoms with Crippen LogP contribution in [0.2, 0.25) is 0 Å². The van der Waals surface area contributed by atoms with Crippen LogP contribution in [0.3, 0.4) is 0 Å². The van der Waals surface area contributed by atoms with E-state index < -0.39 is 0 Å². The highest BCUT2D eigenvalue weighted by atomic mass is 32.2. The minimum absolute atomic E-state index is 0.655. The Labute approximate surface area is 92.8 Å². The van der Waals surface area contributed by atoms with Crippen molar-refractivity contribution in [2.75, 3.05) is 12.5 Å². The van der Waals surface area contributed by atoms with Gasteiger partial charge in [0, 0.05) is 15.4 Å². The third-order valence-corrected chi connectivity index (χ3v) is 3.45. The summed E-state index contributed by atoms with van der Waals surface area (Å²) in [6.45, 7) is 1.80. The first kappa shape index (κ1) is 11.5. The molecular formula is C10H13NOS2. The molecule has 0 radical (unpaired) electrons. The van der Waals surface area contributed by atoms with Crippen LogP contribution in [0.15, 0.2) is 33.1 Å². The Morgan fingerprint density at radius 1 is 1.29 bits per heavy atom. The predicted molar refractivity (Wildman–Crippen MR) is 64.0 cm³/mol. The summed E-state index contributed by atoms with van der Waals surface area (Å²) < 4.78 is 0. The molecule has 0 fully saturated rings. The number of rotatable bonds is 3. The molecule has 0 aliphatic rings. The lowest BCUT2D eigenvalue weighted by atomic mass is 10.1. The number of thioether (sulfide) groups is 2. The van der Waals surface area contributed by atoms with Crippen LogP contribution in [0.25, 0.3) is 0 Å². The van der Waals surface area contributed by atoms with Gasteiger partial charge in [-0.3, -0.25) is 0 Å². The molecule has 14 heavy (non-hydrogen) atoms. The molecule has 0 aliphatic heterocycles. The zero-order valence-electron chi connectivity index (χ0n) is 8.44. The summed E-state index contributed by atoms with van der Waals surface area (Å²) in [5, 5.41) is 11.9. The van der Waals surface area contributed by atoms with Gasteiger partial charge < -0.3 is 5.21 Å². The molecule has 0 amide bonds. The van der Waals surface area contributed by atoms with Crippen molar-refractivity contribution in [1.29, 1.82) is 0 Å². The van der Waals surface area contributed by atoms with Crippen molar-refractivity contribution in [3.05, 3.63) is 23.8 Å². The average Bonchev–Trinajstić information content (AvgIpc) is 2.27. The number of hydrogen-bond donors (Lipinski definition) is 1. The molecule has 0 unspecified atom stereocenters. The van der Waals surface area contributed by atoms with Gasteiger partial charge in [0.05, 0.1) is 5.71 Å². The monoisotopic (exact) mass is 227 g/mol. The number of oxime groups is 1. The second-order valence-corrected chi connectivity index (χ2v) is 4.48. The molecule has 0 bridgehead atoms. The lowest BCUT2D eigenvalue weighted by molar-refractivity contribution is 0.319. The second-order valence-electron chi connectivity index (χ2n) is 2.75. The van der Waals surface area contributed by atoms with E-state index in [9.17, 15) is 0 Å². The molecule has 0 saturated heterocycles. The summed E-state index contributed by atoms with van der Waals surface area (Å²) in [5.74, 6) is 0. The second kappa shape index (κ2) is 5.32. The highest BCUT2D eigenvalue weighted by Gasteiger charge is 2.05.